The third-order valence-corrected chi connectivity index (χ3v) is 3.04. The molecule has 2 aromatic heterocycles. The summed E-state index contributed by atoms with van der Waals surface area (Å²) in [6, 6.07) is 3.75. The first kappa shape index (κ1) is 8.52. The lowest BCUT2D eigenvalue weighted by Gasteiger charge is -1.88. The molecule has 2 heterocycles. The fourth-order valence-electron chi connectivity index (χ4n) is 0.947. The minimum absolute atomic E-state index is 0.0353. The highest BCUT2D eigenvalue weighted by molar-refractivity contribution is 7.14. The Bertz CT molecular complexity index is 419. The van der Waals surface area contributed by atoms with Crippen LogP contribution in [0, 0.1) is 6.92 Å². The quantitative estimate of drug-likeness (QED) is 0.713. The van der Waals surface area contributed by atoms with Gasteiger partial charge in [-0.3, -0.25) is 4.79 Å². The summed E-state index contributed by atoms with van der Waals surface area (Å²) in [4.78, 5) is 13.5. The molecule has 0 spiro atoms. The first-order chi connectivity index (χ1) is 6.27. The maximum absolute atomic E-state index is 11.6. The molecule has 0 aliphatic heterocycles. The molecule has 13 heavy (non-hydrogen) atoms. The lowest BCUT2D eigenvalue weighted by atomic mass is 10.2. The van der Waals surface area contributed by atoms with Crippen LogP contribution in [0.2, 0.25) is 0 Å². The van der Waals surface area contributed by atoms with Crippen LogP contribution in [0.4, 0.5) is 0 Å². The van der Waals surface area contributed by atoms with E-state index < -0.39 is 0 Å². The fraction of sp³-hybridized carbons (Fsp3) is 0.125. The minimum Gasteiger partial charge on any atom is -0.286 e. The van der Waals surface area contributed by atoms with E-state index in [-0.39, 0.29) is 5.78 Å². The molecule has 2 rings (SSSR count). The van der Waals surface area contributed by atoms with Crippen molar-refractivity contribution in [3.05, 3.63) is 33.8 Å². The standard InChI is InChI=1S/C8H6N2OS2/c1-5-2-3-7(12-5)8(11)6-4-9-13-10-6/h2-4H,1H3. The second-order valence-corrected chi connectivity index (χ2v) is 4.38. The van der Waals surface area contributed by atoms with Gasteiger partial charge in [-0.05, 0) is 19.1 Å². The van der Waals surface area contributed by atoms with Gasteiger partial charge in [-0.25, -0.2) is 0 Å². The Morgan fingerprint density at radius 3 is 2.85 bits per heavy atom. The minimum atomic E-state index is -0.0353. The van der Waals surface area contributed by atoms with Crippen LogP contribution in [0.3, 0.4) is 0 Å². The molecule has 0 saturated heterocycles. The molecule has 0 radical (unpaired) electrons. The molecule has 0 aliphatic rings. The third-order valence-electron chi connectivity index (χ3n) is 1.56. The largest absolute Gasteiger partial charge is 0.286 e. The van der Waals surface area contributed by atoms with E-state index in [1.54, 1.807) is 0 Å². The summed E-state index contributed by atoms with van der Waals surface area (Å²) < 4.78 is 7.68. The van der Waals surface area contributed by atoms with Crippen LogP contribution < -0.4 is 0 Å². The Labute approximate surface area is 83.4 Å². The van der Waals surface area contributed by atoms with E-state index in [1.807, 2.05) is 19.1 Å². The van der Waals surface area contributed by atoms with Gasteiger partial charge in [0.15, 0.2) is 0 Å². The van der Waals surface area contributed by atoms with Gasteiger partial charge in [0.25, 0.3) is 0 Å². The number of aryl methyl sites for hydroxylation is 1. The maximum Gasteiger partial charge on any atom is 0.224 e. The second kappa shape index (κ2) is 3.35. The van der Waals surface area contributed by atoms with E-state index in [9.17, 15) is 4.79 Å². The fourth-order valence-corrected chi connectivity index (χ4v) is 2.18. The number of thiophene rings is 1. The smallest absolute Gasteiger partial charge is 0.224 e. The molecule has 0 aliphatic carbocycles. The Morgan fingerprint density at radius 2 is 2.31 bits per heavy atom. The van der Waals surface area contributed by atoms with Crippen LogP contribution >= 0.6 is 23.1 Å². The SMILES string of the molecule is Cc1ccc(C(=O)c2cnsn2)s1. The molecule has 0 unspecified atom stereocenters. The Kier molecular flexibility index (Phi) is 2.20. The zero-order valence-electron chi connectivity index (χ0n) is 6.85. The van der Waals surface area contributed by atoms with Crippen molar-refractivity contribution < 1.29 is 4.79 Å². The van der Waals surface area contributed by atoms with Gasteiger partial charge in [-0.15, -0.1) is 11.3 Å². The Balaban J connectivity index is 2.33. The number of aromatic nitrogens is 2. The van der Waals surface area contributed by atoms with Crippen LogP contribution in [-0.4, -0.2) is 14.5 Å². The van der Waals surface area contributed by atoms with Gasteiger partial charge >= 0.3 is 0 Å². The van der Waals surface area contributed by atoms with Crippen LogP contribution in [-0.2, 0) is 0 Å². The van der Waals surface area contributed by atoms with Crippen LogP contribution in [0.25, 0.3) is 0 Å². The second-order valence-electron chi connectivity index (χ2n) is 2.53. The molecular weight excluding hydrogens is 204 g/mol. The summed E-state index contributed by atoms with van der Waals surface area (Å²) >= 11 is 2.53. The summed E-state index contributed by atoms with van der Waals surface area (Å²) in [5.41, 5.74) is 0.437. The highest BCUT2D eigenvalue weighted by atomic mass is 32.1. The van der Waals surface area contributed by atoms with E-state index in [0.717, 1.165) is 21.5 Å². The number of nitrogens with zero attached hydrogens (tertiary/aromatic N) is 2. The van der Waals surface area contributed by atoms with Crippen molar-refractivity contribution in [3.8, 4) is 0 Å². The zero-order chi connectivity index (χ0) is 9.26. The average Bonchev–Trinajstić information content (AvgIpc) is 2.72. The predicted octanol–water partition coefficient (Wildman–Crippen LogP) is 2.14. The summed E-state index contributed by atoms with van der Waals surface area (Å²) in [6.45, 7) is 1.97. The van der Waals surface area contributed by atoms with E-state index in [2.05, 4.69) is 8.75 Å². The van der Waals surface area contributed by atoms with Crippen LogP contribution in [0.1, 0.15) is 20.2 Å². The lowest BCUT2D eigenvalue weighted by molar-refractivity contribution is 0.103. The summed E-state index contributed by atoms with van der Waals surface area (Å²) in [5.74, 6) is -0.0353. The van der Waals surface area contributed by atoms with Gasteiger partial charge in [-0.1, -0.05) is 0 Å². The lowest BCUT2D eigenvalue weighted by Crippen LogP contribution is -1.97. The normalized spacial score (nSPS) is 10.2. The molecule has 0 saturated carbocycles. The van der Waals surface area contributed by atoms with Crippen molar-refractivity contribution in [1.29, 1.82) is 0 Å². The van der Waals surface area contributed by atoms with Gasteiger partial charge in [0.05, 0.1) is 22.8 Å². The highest BCUT2D eigenvalue weighted by Crippen LogP contribution is 2.18. The van der Waals surface area contributed by atoms with Gasteiger partial charge in [0.2, 0.25) is 5.78 Å². The molecule has 0 aromatic carbocycles. The van der Waals surface area contributed by atoms with Crippen LogP contribution in [0.5, 0.6) is 0 Å². The van der Waals surface area contributed by atoms with Gasteiger partial charge in [0, 0.05) is 4.88 Å². The van der Waals surface area contributed by atoms with Crippen molar-refractivity contribution >= 4 is 28.8 Å². The number of carbonyl (C=O) groups excluding carboxylic acids is 1. The van der Waals surface area contributed by atoms with Crippen LogP contribution in [0.15, 0.2) is 18.3 Å². The highest BCUT2D eigenvalue weighted by Gasteiger charge is 2.12. The van der Waals surface area contributed by atoms with Gasteiger partial charge < -0.3 is 0 Å². The van der Waals surface area contributed by atoms with Crippen molar-refractivity contribution in [3.63, 3.8) is 0 Å². The third kappa shape index (κ3) is 1.66. The molecular formula is C8H6N2OS2. The van der Waals surface area contributed by atoms with Crippen molar-refractivity contribution in [2.24, 2.45) is 0 Å². The van der Waals surface area contributed by atoms with Crippen molar-refractivity contribution in [2.75, 3.05) is 0 Å². The first-order valence-corrected chi connectivity index (χ1v) is 5.21. The molecule has 2 aromatic rings. The number of carbonyl (C=O) groups is 1. The molecule has 0 fully saturated rings. The van der Waals surface area contributed by atoms with Crippen molar-refractivity contribution in [2.45, 2.75) is 6.92 Å². The van der Waals surface area contributed by atoms with E-state index in [4.69, 9.17) is 0 Å². The molecule has 0 bridgehead atoms. The number of ketones is 1. The Hall–Kier alpha value is -1.07. The molecule has 3 nitrogen and oxygen atoms in total. The summed E-state index contributed by atoms with van der Waals surface area (Å²) in [7, 11) is 0. The predicted molar refractivity (Wildman–Crippen MR) is 52.4 cm³/mol. The topological polar surface area (TPSA) is 42.9 Å². The number of rotatable bonds is 2. The molecule has 0 N–H and O–H groups in total. The number of hydrogen-bond donors (Lipinski definition) is 0. The summed E-state index contributed by atoms with van der Waals surface area (Å²) in [6.07, 6.45) is 1.50. The van der Waals surface area contributed by atoms with Crippen molar-refractivity contribution in [1.82, 2.24) is 8.75 Å². The van der Waals surface area contributed by atoms with E-state index in [0.29, 0.717) is 5.69 Å². The van der Waals surface area contributed by atoms with Gasteiger partial charge in [0.1, 0.15) is 5.69 Å². The Morgan fingerprint density at radius 1 is 1.46 bits per heavy atom. The molecule has 5 heteroatoms. The summed E-state index contributed by atoms with van der Waals surface area (Å²) in [5, 5.41) is 0. The first-order valence-electron chi connectivity index (χ1n) is 3.66. The molecule has 66 valence electrons. The molecule has 0 atom stereocenters. The zero-order valence-corrected chi connectivity index (χ0v) is 8.48. The molecule has 0 amide bonds. The van der Waals surface area contributed by atoms with E-state index in [1.165, 1.54) is 17.5 Å². The average molecular weight is 210 g/mol. The number of hydrogen-bond acceptors (Lipinski definition) is 5. The van der Waals surface area contributed by atoms with E-state index >= 15 is 0 Å². The van der Waals surface area contributed by atoms with Gasteiger partial charge in [-0.2, -0.15) is 8.75 Å². The monoisotopic (exact) mass is 210 g/mol. The maximum atomic E-state index is 11.6.